The Kier molecular flexibility index (Phi) is 6.54. The molecule has 0 aromatic heterocycles. The van der Waals surface area contributed by atoms with Crippen molar-refractivity contribution in [2.45, 2.75) is 46.6 Å². The molecule has 14 heavy (non-hydrogen) atoms. The van der Waals surface area contributed by atoms with Gasteiger partial charge in [0.25, 0.3) is 0 Å². The van der Waals surface area contributed by atoms with Crippen molar-refractivity contribution < 1.29 is 9.90 Å². The van der Waals surface area contributed by atoms with Crippen LogP contribution in [0.25, 0.3) is 0 Å². The summed E-state index contributed by atoms with van der Waals surface area (Å²) in [5, 5.41) is 11.9. The largest absolute Gasteiger partial charge is 0.394 e. The fraction of sp³-hybridized carbons (Fsp3) is 0.909. The number of carbonyl (C=O) groups is 1. The number of aliphatic hydroxyl groups excluding tert-OH is 1. The van der Waals surface area contributed by atoms with E-state index >= 15 is 0 Å². The number of amides is 1. The molecule has 0 aromatic carbocycles. The lowest BCUT2D eigenvalue weighted by molar-refractivity contribution is -0.126. The number of nitrogens with one attached hydrogen (secondary N) is 1. The second kappa shape index (κ2) is 6.82. The first-order valence-electron chi connectivity index (χ1n) is 5.47. The van der Waals surface area contributed by atoms with Crippen molar-refractivity contribution in [1.82, 2.24) is 5.32 Å². The predicted octanol–water partition coefficient (Wildman–Crippen LogP) is 1.56. The third-order valence-corrected chi connectivity index (χ3v) is 2.69. The van der Waals surface area contributed by atoms with Gasteiger partial charge < -0.3 is 10.4 Å². The zero-order valence-electron chi connectivity index (χ0n) is 9.71. The second-order valence-electron chi connectivity index (χ2n) is 4.06. The molecule has 3 heteroatoms. The van der Waals surface area contributed by atoms with E-state index in [0.29, 0.717) is 0 Å². The zero-order valence-corrected chi connectivity index (χ0v) is 9.71. The van der Waals surface area contributed by atoms with Crippen molar-refractivity contribution in [3.63, 3.8) is 0 Å². The topological polar surface area (TPSA) is 49.3 Å². The first kappa shape index (κ1) is 13.4. The number of aliphatic hydroxyl groups is 1. The fourth-order valence-electron chi connectivity index (χ4n) is 1.38. The van der Waals surface area contributed by atoms with E-state index in [-0.39, 0.29) is 30.4 Å². The summed E-state index contributed by atoms with van der Waals surface area (Å²) in [6, 6.07) is -0.108. The summed E-state index contributed by atoms with van der Waals surface area (Å²) in [5.74, 6) is 0.434. The van der Waals surface area contributed by atoms with Crippen LogP contribution in [0.4, 0.5) is 0 Å². The Morgan fingerprint density at radius 2 is 1.79 bits per heavy atom. The van der Waals surface area contributed by atoms with E-state index in [2.05, 4.69) is 5.32 Å². The minimum absolute atomic E-state index is 0.0174. The Balaban J connectivity index is 4.13. The maximum absolute atomic E-state index is 11.7. The third kappa shape index (κ3) is 4.09. The molecular formula is C11H23NO2. The molecule has 1 atom stereocenters. The third-order valence-electron chi connectivity index (χ3n) is 2.69. The molecule has 1 amide bonds. The first-order chi connectivity index (χ1) is 6.56. The summed E-state index contributed by atoms with van der Waals surface area (Å²) in [4.78, 5) is 11.7. The lowest BCUT2D eigenvalue weighted by Gasteiger charge is -2.22. The minimum atomic E-state index is -0.108. The summed E-state index contributed by atoms with van der Waals surface area (Å²) in [6.07, 6.45) is 1.72. The normalized spacial score (nSPS) is 13.4. The lowest BCUT2D eigenvalue weighted by atomic mass is 10.00. The maximum Gasteiger partial charge on any atom is 0.223 e. The number of rotatable bonds is 6. The standard InChI is InChI=1S/C11H23NO2/c1-5-9(6-2)11(14)12-10(7-13)8(3)4/h8-10,13H,5-7H2,1-4H3,(H,12,14)/t10-/m1/s1. The molecule has 0 fully saturated rings. The highest BCUT2D eigenvalue weighted by Gasteiger charge is 2.19. The van der Waals surface area contributed by atoms with Crippen molar-refractivity contribution in [2.75, 3.05) is 6.61 Å². The fourth-order valence-corrected chi connectivity index (χ4v) is 1.38. The average Bonchev–Trinajstić information content (AvgIpc) is 2.15. The molecule has 84 valence electrons. The summed E-state index contributed by atoms with van der Waals surface area (Å²) in [6.45, 7) is 8.03. The first-order valence-corrected chi connectivity index (χ1v) is 5.47. The second-order valence-corrected chi connectivity index (χ2v) is 4.06. The van der Waals surface area contributed by atoms with Crippen molar-refractivity contribution in [2.24, 2.45) is 11.8 Å². The molecule has 0 heterocycles. The van der Waals surface area contributed by atoms with Crippen LogP contribution in [-0.2, 0) is 4.79 Å². The van der Waals surface area contributed by atoms with E-state index in [9.17, 15) is 4.79 Å². The Bertz CT molecular complexity index is 165. The number of carbonyl (C=O) groups excluding carboxylic acids is 1. The van der Waals surface area contributed by atoms with Crippen LogP contribution in [0.1, 0.15) is 40.5 Å². The SMILES string of the molecule is CCC(CC)C(=O)N[C@H](CO)C(C)C. The van der Waals surface area contributed by atoms with Gasteiger partial charge in [-0.2, -0.15) is 0 Å². The molecule has 2 N–H and O–H groups in total. The van der Waals surface area contributed by atoms with Gasteiger partial charge in [0.15, 0.2) is 0 Å². The molecule has 0 bridgehead atoms. The van der Waals surface area contributed by atoms with Crippen LogP contribution >= 0.6 is 0 Å². The highest BCUT2D eigenvalue weighted by Crippen LogP contribution is 2.09. The van der Waals surface area contributed by atoms with Gasteiger partial charge in [-0.3, -0.25) is 4.79 Å². The highest BCUT2D eigenvalue weighted by molar-refractivity contribution is 5.78. The quantitative estimate of drug-likeness (QED) is 0.685. The van der Waals surface area contributed by atoms with Crippen LogP contribution < -0.4 is 5.32 Å². The average molecular weight is 201 g/mol. The van der Waals surface area contributed by atoms with Crippen molar-refractivity contribution in [1.29, 1.82) is 0 Å². The van der Waals surface area contributed by atoms with E-state index < -0.39 is 0 Å². The van der Waals surface area contributed by atoms with Crippen molar-refractivity contribution >= 4 is 5.91 Å². The van der Waals surface area contributed by atoms with Crippen molar-refractivity contribution in [3.05, 3.63) is 0 Å². The smallest absolute Gasteiger partial charge is 0.223 e. The molecule has 0 saturated heterocycles. The Hall–Kier alpha value is -0.570. The minimum Gasteiger partial charge on any atom is -0.394 e. The van der Waals surface area contributed by atoms with Crippen LogP contribution in [0, 0.1) is 11.8 Å². The van der Waals surface area contributed by atoms with Gasteiger partial charge in [0.05, 0.1) is 12.6 Å². The number of hydrogen-bond acceptors (Lipinski definition) is 2. The number of hydrogen-bond donors (Lipinski definition) is 2. The van der Waals surface area contributed by atoms with Gasteiger partial charge >= 0.3 is 0 Å². The zero-order chi connectivity index (χ0) is 11.1. The maximum atomic E-state index is 11.7. The van der Waals surface area contributed by atoms with Gasteiger partial charge in [0, 0.05) is 5.92 Å². The molecule has 0 spiro atoms. The van der Waals surface area contributed by atoms with Crippen LogP contribution in [0.3, 0.4) is 0 Å². The van der Waals surface area contributed by atoms with Gasteiger partial charge in [0.1, 0.15) is 0 Å². The van der Waals surface area contributed by atoms with Gasteiger partial charge in [-0.15, -0.1) is 0 Å². The van der Waals surface area contributed by atoms with Crippen LogP contribution in [0.5, 0.6) is 0 Å². The molecule has 0 aromatic rings. The summed E-state index contributed by atoms with van der Waals surface area (Å²) >= 11 is 0. The molecular weight excluding hydrogens is 178 g/mol. The van der Waals surface area contributed by atoms with Crippen LogP contribution in [0.15, 0.2) is 0 Å². The van der Waals surface area contributed by atoms with E-state index in [1.54, 1.807) is 0 Å². The van der Waals surface area contributed by atoms with Crippen LogP contribution in [0.2, 0.25) is 0 Å². The van der Waals surface area contributed by atoms with Gasteiger partial charge in [-0.1, -0.05) is 27.7 Å². The van der Waals surface area contributed by atoms with Gasteiger partial charge in [-0.25, -0.2) is 0 Å². The lowest BCUT2D eigenvalue weighted by Crippen LogP contribution is -2.43. The predicted molar refractivity (Wildman–Crippen MR) is 57.9 cm³/mol. The Labute approximate surface area is 86.9 Å². The molecule has 0 unspecified atom stereocenters. The summed E-state index contributed by atoms with van der Waals surface area (Å²) in [5.41, 5.74) is 0. The van der Waals surface area contributed by atoms with Gasteiger partial charge in [-0.05, 0) is 18.8 Å². The highest BCUT2D eigenvalue weighted by atomic mass is 16.3. The Morgan fingerprint density at radius 1 is 1.29 bits per heavy atom. The summed E-state index contributed by atoms with van der Waals surface area (Å²) < 4.78 is 0. The summed E-state index contributed by atoms with van der Waals surface area (Å²) in [7, 11) is 0. The molecule has 3 nitrogen and oxygen atoms in total. The Morgan fingerprint density at radius 3 is 2.07 bits per heavy atom. The van der Waals surface area contributed by atoms with Crippen LogP contribution in [-0.4, -0.2) is 23.7 Å². The molecule has 0 saturated carbocycles. The van der Waals surface area contributed by atoms with E-state index in [1.165, 1.54) is 0 Å². The molecule has 0 radical (unpaired) electrons. The monoisotopic (exact) mass is 201 g/mol. The van der Waals surface area contributed by atoms with E-state index in [0.717, 1.165) is 12.8 Å². The van der Waals surface area contributed by atoms with E-state index in [4.69, 9.17) is 5.11 Å². The molecule has 0 aliphatic rings. The molecule has 0 aliphatic heterocycles. The molecule has 0 rings (SSSR count). The van der Waals surface area contributed by atoms with E-state index in [1.807, 2.05) is 27.7 Å². The van der Waals surface area contributed by atoms with Gasteiger partial charge in [0.2, 0.25) is 5.91 Å². The molecule has 0 aliphatic carbocycles. The van der Waals surface area contributed by atoms with Crippen molar-refractivity contribution in [3.8, 4) is 0 Å².